The second-order valence-corrected chi connectivity index (χ2v) is 6.32. The lowest BCUT2D eigenvalue weighted by Crippen LogP contribution is -2.40. The first-order valence-corrected chi connectivity index (χ1v) is 9.10. The summed E-state index contributed by atoms with van der Waals surface area (Å²) in [7, 11) is 0. The third kappa shape index (κ3) is 6.33. The number of aliphatic carboxylic acids is 1. The quantitative estimate of drug-likeness (QED) is 0.475. The number of carbonyl (C=O) groups is 3. The minimum absolute atomic E-state index is 0.0398. The first kappa shape index (κ1) is 21.3. The van der Waals surface area contributed by atoms with Crippen LogP contribution in [-0.4, -0.2) is 54.2 Å². The summed E-state index contributed by atoms with van der Waals surface area (Å²) in [4.78, 5) is 35.7. The van der Waals surface area contributed by atoms with E-state index < -0.39 is 24.8 Å². The van der Waals surface area contributed by atoms with Gasteiger partial charge in [-0.15, -0.1) is 0 Å². The van der Waals surface area contributed by atoms with Crippen LogP contribution >= 0.6 is 0 Å². The van der Waals surface area contributed by atoms with E-state index in [1.54, 1.807) is 0 Å². The summed E-state index contributed by atoms with van der Waals surface area (Å²) in [6, 6.07) is 5.49. The Kier molecular flexibility index (Phi) is 7.91. The number of likely N-dealkylation sites (N-methyl/N-ethyl adjacent to an activating group) is 1. The number of ether oxygens (including phenoxy) is 4. The van der Waals surface area contributed by atoms with Gasteiger partial charge in [-0.05, 0) is 44.4 Å². The minimum atomic E-state index is -0.978. The van der Waals surface area contributed by atoms with Gasteiger partial charge < -0.3 is 29.0 Å². The highest BCUT2D eigenvalue weighted by Gasteiger charge is 2.22. The molecule has 9 nitrogen and oxygen atoms in total. The molecule has 0 bridgehead atoms. The van der Waals surface area contributed by atoms with Gasteiger partial charge >= 0.3 is 18.0 Å². The Hall–Kier alpha value is -2.97. The molecule has 1 aromatic carbocycles. The van der Waals surface area contributed by atoms with Gasteiger partial charge in [0, 0.05) is 25.4 Å². The standard InChI is InChI=1S/C19H25NO8/c1-3-20(19(24)28-12-27-18(23)6-4-5-17(21)22)13(2)9-14-7-8-15-16(10-14)26-11-25-15/h7-8,10,13H,3-6,9,11-12H2,1-2H3,(H,21,22)/t13-/m0/s1. The van der Waals surface area contributed by atoms with Crippen LogP contribution < -0.4 is 9.47 Å². The second-order valence-electron chi connectivity index (χ2n) is 6.32. The highest BCUT2D eigenvalue weighted by molar-refractivity contribution is 5.72. The number of nitrogens with zero attached hydrogens (tertiary/aromatic N) is 1. The Bertz CT molecular complexity index is 705. The highest BCUT2D eigenvalue weighted by atomic mass is 16.7. The molecule has 0 saturated carbocycles. The van der Waals surface area contributed by atoms with Crippen molar-refractivity contribution >= 4 is 18.0 Å². The van der Waals surface area contributed by atoms with E-state index in [9.17, 15) is 14.4 Å². The average molecular weight is 395 g/mol. The van der Waals surface area contributed by atoms with E-state index in [2.05, 4.69) is 0 Å². The zero-order valence-corrected chi connectivity index (χ0v) is 16.0. The summed E-state index contributed by atoms with van der Waals surface area (Å²) < 4.78 is 20.5. The molecule has 154 valence electrons. The number of carboxylic acid groups (broad SMARTS) is 1. The largest absolute Gasteiger partial charge is 0.481 e. The predicted molar refractivity (Wildman–Crippen MR) is 97.0 cm³/mol. The molecule has 1 aliphatic heterocycles. The number of rotatable bonds is 10. The second kappa shape index (κ2) is 10.4. The van der Waals surface area contributed by atoms with E-state index in [0.29, 0.717) is 24.5 Å². The molecule has 1 atom stereocenters. The van der Waals surface area contributed by atoms with Crippen molar-refractivity contribution in [2.45, 2.75) is 45.6 Å². The molecule has 1 aliphatic rings. The van der Waals surface area contributed by atoms with Crippen LogP contribution in [0, 0.1) is 0 Å². The number of esters is 1. The smallest absolute Gasteiger partial charge is 0.412 e. The Balaban J connectivity index is 1.77. The first-order valence-electron chi connectivity index (χ1n) is 9.10. The minimum Gasteiger partial charge on any atom is -0.481 e. The van der Waals surface area contributed by atoms with E-state index in [4.69, 9.17) is 24.1 Å². The molecule has 0 radical (unpaired) electrons. The Labute approximate surface area is 163 Å². The van der Waals surface area contributed by atoms with Crippen molar-refractivity contribution in [3.8, 4) is 11.5 Å². The van der Waals surface area contributed by atoms with Crippen LogP contribution in [0.1, 0.15) is 38.7 Å². The molecule has 1 N–H and O–H groups in total. The summed E-state index contributed by atoms with van der Waals surface area (Å²) in [5, 5.41) is 8.53. The number of amides is 1. The third-order valence-electron chi connectivity index (χ3n) is 4.25. The number of benzene rings is 1. The monoisotopic (exact) mass is 395 g/mol. The van der Waals surface area contributed by atoms with Gasteiger partial charge in [-0.1, -0.05) is 6.07 Å². The van der Waals surface area contributed by atoms with E-state index >= 15 is 0 Å². The summed E-state index contributed by atoms with van der Waals surface area (Å²) in [5.74, 6) is -0.196. The molecule has 9 heteroatoms. The van der Waals surface area contributed by atoms with E-state index in [1.807, 2.05) is 32.0 Å². The van der Waals surface area contributed by atoms with Gasteiger partial charge in [0.25, 0.3) is 0 Å². The van der Waals surface area contributed by atoms with Crippen LogP contribution in [0.5, 0.6) is 11.5 Å². The van der Waals surface area contributed by atoms with Crippen molar-refractivity contribution in [2.24, 2.45) is 0 Å². The molecular weight excluding hydrogens is 370 g/mol. The number of carboxylic acids is 1. The molecule has 0 aliphatic carbocycles. The van der Waals surface area contributed by atoms with Crippen LogP contribution in [0.4, 0.5) is 4.79 Å². The Morgan fingerprint density at radius 3 is 2.64 bits per heavy atom. The molecule has 2 rings (SSSR count). The van der Waals surface area contributed by atoms with Gasteiger partial charge in [0.05, 0.1) is 0 Å². The van der Waals surface area contributed by atoms with Crippen LogP contribution in [0.3, 0.4) is 0 Å². The normalized spacial score (nSPS) is 12.9. The van der Waals surface area contributed by atoms with Crippen LogP contribution in [-0.2, 0) is 25.5 Å². The topological polar surface area (TPSA) is 112 Å². The molecule has 1 aromatic rings. The molecule has 28 heavy (non-hydrogen) atoms. The summed E-state index contributed by atoms with van der Waals surface area (Å²) >= 11 is 0. The molecule has 0 fully saturated rings. The van der Waals surface area contributed by atoms with Crippen LogP contribution in [0.15, 0.2) is 18.2 Å². The zero-order valence-electron chi connectivity index (χ0n) is 16.0. The van der Waals surface area contributed by atoms with Gasteiger partial charge in [0.2, 0.25) is 13.6 Å². The summed E-state index contributed by atoms with van der Waals surface area (Å²) in [5.41, 5.74) is 0.993. The molecule has 0 aromatic heterocycles. The Morgan fingerprint density at radius 2 is 1.93 bits per heavy atom. The molecule has 0 saturated heterocycles. The number of hydrogen-bond donors (Lipinski definition) is 1. The van der Waals surface area contributed by atoms with Crippen LogP contribution in [0.25, 0.3) is 0 Å². The van der Waals surface area contributed by atoms with Crippen LogP contribution in [0.2, 0.25) is 0 Å². The fourth-order valence-corrected chi connectivity index (χ4v) is 2.82. The van der Waals surface area contributed by atoms with Crippen molar-refractivity contribution in [3.05, 3.63) is 23.8 Å². The molecule has 1 heterocycles. The zero-order chi connectivity index (χ0) is 20.5. The average Bonchev–Trinajstić information content (AvgIpc) is 3.09. The maximum atomic E-state index is 12.3. The number of fused-ring (bicyclic) bond motifs is 1. The summed E-state index contributed by atoms with van der Waals surface area (Å²) in [6.45, 7) is 3.86. The highest BCUT2D eigenvalue weighted by Crippen LogP contribution is 2.33. The summed E-state index contributed by atoms with van der Waals surface area (Å²) in [6.07, 6.45) is 0.0243. The van der Waals surface area contributed by atoms with Crippen molar-refractivity contribution in [3.63, 3.8) is 0 Å². The molecule has 0 spiro atoms. The van der Waals surface area contributed by atoms with Gasteiger partial charge in [0.15, 0.2) is 11.5 Å². The fraction of sp³-hybridized carbons (Fsp3) is 0.526. The predicted octanol–water partition coefficient (Wildman–Crippen LogP) is 2.56. The van der Waals surface area contributed by atoms with E-state index in [1.165, 1.54) is 4.90 Å². The molecular formula is C19H25NO8. The maximum absolute atomic E-state index is 12.3. The van der Waals surface area contributed by atoms with Crippen molar-refractivity contribution in [1.82, 2.24) is 4.90 Å². The number of carbonyl (C=O) groups excluding carboxylic acids is 2. The van der Waals surface area contributed by atoms with Gasteiger partial charge in [-0.25, -0.2) is 4.79 Å². The third-order valence-corrected chi connectivity index (χ3v) is 4.25. The lowest BCUT2D eigenvalue weighted by molar-refractivity contribution is -0.152. The fourth-order valence-electron chi connectivity index (χ4n) is 2.82. The SMILES string of the molecule is CCN(C(=O)OCOC(=O)CCCC(=O)O)[C@@H](C)Cc1ccc2c(c1)OCO2. The van der Waals surface area contributed by atoms with Gasteiger partial charge in [0.1, 0.15) is 0 Å². The van der Waals surface area contributed by atoms with E-state index in [0.717, 1.165) is 5.56 Å². The lowest BCUT2D eigenvalue weighted by atomic mass is 10.1. The van der Waals surface area contributed by atoms with Gasteiger partial charge in [-0.3, -0.25) is 9.59 Å². The first-order chi connectivity index (χ1) is 13.4. The molecule has 0 unspecified atom stereocenters. The molecule has 1 amide bonds. The van der Waals surface area contributed by atoms with Crippen molar-refractivity contribution in [2.75, 3.05) is 20.1 Å². The van der Waals surface area contributed by atoms with Crippen molar-refractivity contribution < 1.29 is 38.4 Å². The Morgan fingerprint density at radius 1 is 1.18 bits per heavy atom. The number of hydrogen-bond acceptors (Lipinski definition) is 7. The van der Waals surface area contributed by atoms with E-state index in [-0.39, 0.29) is 32.1 Å². The van der Waals surface area contributed by atoms with Gasteiger partial charge in [-0.2, -0.15) is 0 Å². The maximum Gasteiger partial charge on any atom is 0.412 e. The lowest BCUT2D eigenvalue weighted by Gasteiger charge is -2.27. The van der Waals surface area contributed by atoms with Crippen molar-refractivity contribution in [1.29, 1.82) is 0 Å².